The van der Waals surface area contributed by atoms with Gasteiger partial charge >= 0.3 is 0 Å². The molecule has 2 aromatic heterocycles. The van der Waals surface area contributed by atoms with E-state index in [1.165, 1.54) is 0 Å². The molecule has 6 nitrogen and oxygen atoms in total. The van der Waals surface area contributed by atoms with E-state index in [9.17, 15) is 4.79 Å². The molecule has 0 spiro atoms. The summed E-state index contributed by atoms with van der Waals surface area (Å²) >= 11 is 6.05. The Labute approximate surface area is 138 Å². The lowest BCUT2D eigenvalue weighted by molar-refractivity contribution is 0.102. The number of nitrogens with one attached hydrogen (secondary N) is 3. The molecule has 0 saturated carbocycles. The van der Waals surface area contributed by atoms with Crippen LogP contribution >= 0.6 is 11.6 Å². The molecule has 0 atom stereocenters. The van der Waals surface area contributed by atoms with Gasteiger partial charge in [0, 0.05) is 22.3 Å². The minimum absolute atomic E-state index is 0.267. The average Bonchev–Trinajstić information content (AvgIpc) is 3.09. The third-order valence-electron chi connectivity index (χ3n) is 3.64. The van der Waals surface area contributed by atoms with E-state index in [2.05, 4.69) is 25.5 Å². The summed E-state index contributed by atoms with van der Waals surface area (Å²) in [6.07, 6.45) is 0. The van der Waals surface area contributed by atoms with E-state index in [0.717, 1.165) is 17.0 Å². The lowest BCUT2D eigenvalue weighted by atomic mass is 10.1. The number of aryl methyl sites for hydroxylation is 3. The second-order valence-electron chi connectivity index (χ2n) is 5.38. The van der Waals surface area contributed by atoms with Crippen molar-refractivity contribution in [1.29, 1.82) is 0 Å². The van der Waals surface area contributed by atoms with Crippen LogP contribution in [0.2, 0.25) is 5.02 Å². The van der Waals surface area contributed by atoms with Gasteiger partial charge in [0.15, 0.2) is 11.6 Å². The summed E-state index contributed by atoms with van der Waals surface area (Å²) in [4.78, 5) is 19.8. The number of hydrogen-bond donors (Lipinski definition) is 3. The van der Waals surface area contributed by atoms with Crippen LogP contribution < -0.4 is 5.32 Å². The predicted molar refractivity (Wildman–Crippen MR) is 89.8 cm³/mol. The maximum absolute atomic E-state index is 12.2. The Morgan fingerprint density at radius 2 is 2.00 bits per heavy atom. The molecule has 0 saturated heterocycles. The summed E-state index contributed by atoms with van der Waals surface area (Å²) in [7, 11) is 0. The number of anilines is 1. The summed E-state index contributed by atoms with van der Waals surface area (Å²) < 4.78 is 0. The van der Waals surface area contributed by atoms with Crippen molar-refractivity contribution >= 4 is 23.3 Å². The van der Waals surface area contributed by atoms with E-state index in [1.54, 1.807) is 18.2 Å². The van der Waals surface area contributed by atoms with Crippen molar-refractivity contribution in [3.8, 4) is 11.5 Å². The molecule has 118 valence electrons. The summed E-state index contributed by atoms with van der Waals surface area (Å²) in [6.45, 7) is 5.76. The van der Waals surface area contributed by atoms with Crippen molar-refractivity contribution in [1.82, 2.24) is 20.2 Å². The number of carbonyl (C=O) groups is 1. The third-order valence-corrected chi connectivity index (χ3v) is 4.04. The Balaban J connectivity index is 1.78. The molecular formula is C16H16ClN5O. The fraction of sp³-hybridized carbons (Fsp3) is 0.188. The van der Waals surface area contributed by atoms with Gasteiger partial charge in [-0.2, -0.15) is 5.10 Å². The van der Waals surface area contributed by atoms with Gasteiger partial charge in [0.05, 0.1) is 5.69 Å². The maximum Gasteiger partial charge on any atom is 0.256 e. The highest BCUT2D eigenvalue weighted by Gasteiger charge is 2.12. The molecule has 0 unspecified atom stereocenters. The lowest BCUT2D eigenvalue weighted by Gasteiger charge is -2.03. The quantitative estimate of drug-likeness (QED) is 0.685. The first-order valence-corrected chi connectivity index (χ1v) is 7.48. The number of benzene rings is 1. The van der Waals surface area contributed by atoms with Gasteiger partial charge in [0.1, 0.15) is 5.69 Å². The maximum atomic E-state index is 12.2. The molecule has 0 aliphatic carbocycles. The first kappa shape index (κ1) is 15.3. The molecule has 0 aliphatic heterocycles. The summed E-state index contributed by atoms with van der Waals surface area (Å²) in [5.41, 5.74) is 4.03. The van der Waals surface area contributed by atoms with E-state index in [4.69, 9.17) is 11.6 Å². The number of rotatable bonds is 3. The van der Waals surface area contributed by atoms with Crippen LogP contribution in [0.4, 0.5) is 5.82 Å². The lowest BCUT2D eigenvalue weighted by Crippen LogP contribution is -2.12. The SMILES string of the molecule is Cc1ccc(C(=O)Nc2cc(-c3nc(C)c(C)[nH]3)[nH]n2)cc1Cl. The second kappa shape index (κ2) is 5.89. The predicted octanol–water partition coefficient (Wildman–Crippen LogP) is 3.63. The van der Waals surface area contributed by atoms with Crippen LogP contribution in [0.5, 0.6) is 0 Å². The van der Waals surface area contributed by atoms with Crippen LogP contribution in [0.1, 0.15) is 27.3 Å². The number of aromatic nitrogens is 4. The van der Waals surface area contributed by atoms with Crippen molar-refractivity contribution in [3.63, 3.8) is 0 Å². The second-order valence-corrected chi connectivity index (χ2v) is 5.79. The van der Waals surface area contributed by atoms with E-state index in [0.29, 0.717) is 27.9 Å². The minimum Gasteiger partial charge on any atom is -0.341 e. The highest BCUT2D eigenvalue weighted by molar-refractivity contribution is 6.31. The number of amides is 1. The molecule has 1 aromatic carbocycles. The number of H-pyrrole nitrogens is 2. The fourth-order valence-electron chi connectivity index (χ4n) is 2.10. The van der Waals surface area contributed by atoms with Crippen LogP contribution in [0.3, 0.4) is 0 Å². The number of imidazole rings is 1. The van der Waals surface area contributed by atoms with Crippen molar-refractivity contribution in [2.24, 2.45) is 0 Å². The average molecular weight is 330 g/mol. The molecule has 0 aliphatic rings. The Hall–Kier alpha value is -2.60. The third kappa shape index (κ3) is 3.12. The largest absolute Gasteiger partial charge is 0.341 e. The molecule has 0 radical (unpaired) electrons. The van der Waals surface area contributed by atoms with Gasteiger partial charge < -0.3 is 10.3 Å². The molecule has 0 bridgehead atoms. The van der Waals surface area contributed by atoms with Crippen LogP contribution in [-0.4, -0.2) is 26.1 Å². The van der Waals surface area contributed by atoms with E-state index in [-0.39, 0.29) is 5.91 Å². The van der Waals surface area contributed by atoms with Crippen molar-refractivity contribution in [2.45, 2.75) is 20.8 Å². The molecule has 23 heavy (non-hydrogen) atoms. The Morgan fingerprint density at radius 3 is 2.65 bits per heavy atom. The molecular weight excluding hydrogens is 314 g/mol. The smallest absolute Gasteiger partial charge is 0.256 e. The van der Waals surface area contributed by atoms with Crippen LogP contribution in [0.15, 0.2) is 24.3 Å². The van der Waals surface area contributed by atoms with Gasteiger partial charge in [0.25, 0.3) is 5.91 Å². The number of nitrogens with zero attached hydrogens (tertiary/aromatic N) is 2. The first-order chi connectivity index (χ1) is 10.9. The molecule has 3 rings (SSSR count). The van der Waals surface area contributed by atoms with Crippen LogP contribution in [-0.2, 0) is 0 Å². The zero-order chi connectivity index (χ0) is 16.6. The molecule has 7 heteroatoms. The highest BCUT2D eigenvalue weighted by Crippen LogP contribution is 2.20. The first-order valence-electron chi connectivity index (χ1n) is 7.10. The van der Waals surface area contributed by atoms with Gasteiger partial charge in [-0.3, -0.25) is 9.89 Å². The Kier molecular flexibility index (Phi) is 3.92. The zero-order valence-corrected chi connectivity index (χ0v) is 13.7. The normalized spacial score (nSPS) is 10.8. The van der Waals surface area contributed by atoms with E-state index < -0.39 is 0 Å². The standard InChI is InChI=1S/C16H16ClN5O/c1-8-4-5-11(6-12(8)17)16(23)20-14-7-13(21-22-14)15-18-9(2)10(3)19-15/h4-7H,1-3H3,(H,18,19)(H2,20,21,22,23). The van der Waals surface area contributed by atoms with Crippen LogP contribution in [0, 0.1) is 20.8 Å². The molecule has 3 aromatic rings. The number of carbonyl (C=O) groups excluding carboxylic acids is 1. The number of hydrogen-bond acceptors (Lipinski definition) is 3. The van der Waals surface area contributed by atoms with E-state index in [1.807, 2.05) is 26.8 Å². The van der Waals surface area contributed by atoms with Crippen molar-refractivity contribution < 1.29 is 4.79 Å². The molecule has 3 N–H and O–H groups in total. The highest BCUT2D eigenvalue weighted by atomic mass is 35.5. The Bertz CT molecular complexity index is 861. The molecule has 1 amide bonds. The monoisotopic (exact) mass is 329 g/mol. The van der Waals surface area contributed by atoms with E-state index >= 15 is 0 Å². The van der Waals surface area contributed by atoms with Gasteiger partial charge in [0.2, 0.25) is 0 Å². The van der Waals surface area contributed by atoms with Crippen molar-refractivity contribution in [3.05, 3.63) is 51.8 Å². The van der Waals surface area contributed by atoms with Gasteiger partial charge in [-0.25, -0.2) is 4.98 Å². The summed E-state index contributed by atoms with van der Waals surface area (Å²) in [5, 5.41) is 10.2. The summed E-state index contributed by atoms with van der Waals surface area (Å²) in [6, 6.07) is 6.90. The van der Waals surface area contributed by atoms with Crippen LogP contribution in [0.25, 0.3) is 11.5 Å². The van der Waals surface area contributed by atoms with Gasteiger partial charge in [-0.05, 0) is 38.5 Å². The van der Waals surface area contributed by atoms with Crippen molar-refractivity contribution in [2.75, 3.05) is 5.32 Å². The fourth-order valence-corrected chi connectivity index (χ4v) is 2.29. The van der Waals surface area contributed by atoms with Gasteiger partial charge in [-0.15, -0.1) is 0 Å². The zero-order valence-electron chi connectivity index (χ0n) is 13.0. The number of aromatic amines is 2. The minimum atomic E-state index is -0.267. The number of halogens is 1. The Morgan fingerprint density at radius 1 is 1.22 bits per heavy atom. The van der Waals surface area contributed by atoms with Gasteiger partial charge in [-0.1, -0.05) is 17.7 Å². The molecule has 0 fully saturated rings. The summed E-state index contributed by atoms with van der Waals surface area (Å²) in [5.74, 6) is 0.844. The molecule has 2 heterocycles. The topological polar surface area (TPSA) is 86.5 Å².